The highest BCUT2D eigenvalue weighted by Gasteiger charge is 2.13. The van der Waals surface area contributed by atoms with Crippen LogP contribution in [0.4, 0.5) is 0 Å². The molecule has 2 aromatic rings. The molecule has 2 rings (SSSR count). The van der Waals surface area contributed by atoms with Crippen molar-refractivity contribution in [1.29, 1.82) is 0 Å². The minimum atomic E-state index is -0.166. The molecule has 0 aromatic heterocycles. The topological polar surface area (TPSA) is 102 Å². The Hall–Kier alpha value is -2.89. The zero-order valence-corrected chi connectivity index (χ0v) is 21.3. The van der Waals surface area contributed by atoms with Gasteiger partial charge in [-0.1, -0.05) is 6.07 Å². The number of nitrogens with one attached hydrogen (secondary N) is 3. The molecule has 0 atom stereocenters. The summed E-state index contributed by atoms with van der Waals surface area (Å²) in [6.45, 7) is 1.43. The first-order valence-corrected chi connectivity index (χ1v) is 9.71. The van der Waals surface area contributed by atoms with Crippen LogP contribution >= 0.6 is 24.0 Å². The van der Waals surface area contributed by atoms with Crippen molar-refractivity contribution < 1.29 is 23.7 Å². The van der Waals surface area contributed by atoms with Crippen LogP contribution in [-0.4, -0.2) is 60.4 Å². The fourth-order valence-electron chi connectivity index (χ4n) is 2.87. The molecule has 0 aliphatic carbocycles. The third-order valence-electron chi connectivity index (χ3n) is 4.44. The maximum Gasteiger partial charge on any atom is 0.251 e. The highest BCUT2D eigenvalue weighted by molar-refractivity contribution is 14.0. The molecule has 0 fully saturated rings. The molecule has 0 saturated heterocycles. The second-order valence-corrected chi connectivity index (χ2v) is 6.37. The molecule has 32 heavy (non-hydrogen) atoms. The molecule has 0 aliphatic heterocycles. The summed E-state index contributed by atoms with van der Waals surface area (Å²) < 4.78 is 21.2. The van der Waals surface area contributed by atoms with Crippen LogP contribution in [0.25, 0.3) is 0 Å². The Morgan fingerprint density at radius 2 is 1.53 bits per heavy atom. The SMILES string of the molecule is CN=C(NCCNC(=O)c1cccc(OC)c1)NCc1cc(OC)c(OC)c(OC)c1.I. The number of guanidine groups is 1. The fourth-order valence-corrected chi connectivity index (χ4v) is 2.87. The Labute approximate surface area is 205 Å². The molecule has 0 saturated carbocycles. The lowest BCUT2D eigenvalue weighted by atomic mass is 10.2. The predicted octanol–water partition coefficient (Wildman–Crippen LogP) is 2.43. The lowest BCUT2D eigenvalue weighted by molar-refractivity contribution is 0.0954. The van der Waals surface area contributed by atoms with Crippen LogP contribution < -0.4 is 34.9 Å². The number of carbonyl (C=O) groups is 1. The molecule has 10 heteroatoms. The van der Waals surface area contributed by atoms with Crippen LogP contribution in [0.15, 0.2) is 41.4 Å². The molecule has 0 unspecified atom stereocenters. The number of nitrogens with zero attached hydrogens (tertiary/aromatic N) is 1. The number of hydrogen-bond acceptors (Lipinski definition) is 6. The number of methoxy groups -OCH3 is 4. The van der Waals surface area contributed by atoms with Gasteiger partial charge in [0.1, 0.15) is 5.75 Å². The molecule has 3 N–H and O–H groups in total. The van der Waals surface area contributed by atoms with Crippen LogP contribution in [0.1, 0.15) is 15.9 Å². The molecule has 0 spiro atoms. The van der Waals surface area contributed by atoms with Crippen molar-refractivity contribution in [2.24, 2.45) is 4.99 Å². The summed E-state index contributed by atoms with van der Waals surface area (Å²) in [5.41, 5.74) is 1.48. The van der Waals surface area contributed by atoms with Crippen LogP contribution in [0, 0.1) is 0 Å². The molecule has 9 nitrogen and oxygen atoms in total. The number of amides is 1. The summed E-state index contributed by atoms with van der Waals surface area (Å²) in [5, 5.41) is 9.24. The first kappa shape index (κ1) is 27.1. The van der Waals surface area contributed by atoms with E-state index in [9.17, 15) is 4.79 Å². The van der Waals surface area contributed by atoms with Crippen LogP contribution in [0.3, 0.4) is 0 Å². The van der Waals surface area contributed by atoms with Gasteiger partial charge in [0.15, 0.2) is 17.5 Å². The highest BCUT2D eigenvalue weighted by atomic mass is 127. The van der Waals surface area contributed by atoms with E-state index >= 15 is 0 Å². The molecule has 0 bridgehead atoms. The monoisotopic (exact) mass is 558 g/mol. The van der Waals surface area contributed by atoms with Crippen LogP contribution in [0.5, 0.6) is 23.0 Å². The maximum absolute atomic E-state index is 12.2. The van der Waals surface area contributed by atoms with E-state index in [0.29, 0.717) is 54.2 Å². The molecule has 0 aliphatic rings. The molecular formula is C22H31IN4O5. The van der Waals surface area contributed by atoms with E-state index in [0.717, 1.165) is 5.56 Å². The highest BCUT2D eigenvalue weighted by Crippen LogP contribution is 2.38. The quantitative estimate of drug-likeness (QED) is 0.178. The average molecular weight is 558 g/mol. The summed E-state index contributed by atoms with van der Waals surface area (Å²) in [7, 11) is 7.97. The second kappa shape index (κ2) is 14.2. The third kappa shape index (κ3) is 7.66. The summed E-state index contributed by atoms with van der Waals surface area (Å²) in [4.78, 5) is 16.4. The minimum absolute atomic E-state index is 0. The summed E-state index contributed by atoms with van der Waals surface area (Å²) in [5.74, 6) is 2.79. The molecule has 1 amide bonds. The molecule has 0 radical (unpaired) electrons. The van der Waals surface area contributed by atoms with Crippen molar-refractivity contribution in [1.82, 2.24) is 16.0 Å². The fraction of sp³-hybridized carbons (Fsp3) is 0.364. The Kier molecular flexibility index (Phi) is 12.1. The Morgan fingerprint density at radius 1 is 0.875 bits per heavy atom. The van der Waals surface area contributed by atoms with Crippen molar-refractivity contribution in [3.05, 3.63) is 47.5 Å². The van der Waals surface area contributed by atoms with E-state index in [1.165, 1.54) is 0 Å². The van der Waals surface area contributed by atoms with Gasteiger partial charge in [-0.25, -0.2) is 0 Å². The third-order valence-corrected chi connectivity index (χ3v) is 4.44. The van der Waals surface area contributed by atoms with Crippen molar-refractivity contribution >= 4 is 35.8 Å². The van der Waals surface area contributed by atoms with Crippen molar-refractivity contribution in [2.75, 3.05) is 48.6 Å². The van der Waals surface area contributed by atoms with Gasteiger partial charge < -0.3 is 34.9 Å². The maximum atomic E-state index is 12.2. The van der Waals surface area contributed by atoms with Gasteiger partial charge in [-0.05, 0) is 35.9 Å². The van der Waals surface area contributed by atoms with E-state index in [-0.39, 0.29) is 29.9 Å². The van der Waals surface area contributed by atoms with Crippen LogP contribution in [0.2, 0.25) is 0 Å². The minimum Gasteiger partial charge on any atom is -0.497 e. The van der Waals surface area contributed by atoms with Gasteiger partial charge in [-0.15, -0.1) is 24.0 Å². The van der Waals surface area contributed by atoms with Crippen molar-refractivity contribution in [3.8, 4) is 23.0 Å². The first-order valence-electron chi connectivity index (χ1n) is 9.71. The Bertz CT molecular complexity index is 883. The number of halogens is 1. The van der Waals surface area contributed by atoms with Crippen LogP contribution in [-0.2, 0) is 6.54 Å². The number of aliphatic imine (C=N–C) groups is 1. The average Bonchev–Trinajstić information content (AvgIpc) is 2.82. The standard InChI is InChI=1S/C22H30N4O5.HI/c1-23-22(25-10-9-24-21(27)16-7-6-8-17(13-16)28-2)26-14-15-11-18(29-3)20(31-5)19(12-15)30-4;/h6-8,11-13H,9-10,14H2,1-5H3,(H,24,27)(H2,23,25,26);1H. The van der Waals surface area contributed by atoms with E-state index in [1.807, 2.05) is 12.1 Å². The largest absolute Gasteiger partial charge is 0.497 e. The lowest BCUT2D eigenvalue weighted by Gasteiger charge is -2.16. The van der Waals surface area contributed by atoms with Crippen molar-refractivity contribution in [2.45, 2.75) is 6.54 Å². The smallest absolute Gasteiger partial charge is 0.251 e. The van der Waals surface area contributed by atoms with E-state index in [4.69, 9.17) is 18.9 Å². The number of carbonyl (C=O) groups excluding carboxylic acids is 1. The number of hydrogen-bond donors (Lipinski definition) is 3. The summed E-state index contributed by atoms with van der Waals surface area (Å²) in [6, 6.07) is 10.7. The van der Waals surface area contributed by atoms with E-state index < -0.39 is 0 Å². The lowest BCUT2D eigenvalue weighted by Crippen LogP contribution is -2.41. The van der Waals surface area contributed by atoms with Gasteiger partial charge in [0.05, 0.1) is 28.4 Å². The van der Waals surface area contributed by atoms with Gasteiger partial charge in [-0.2, -0.15) is 0 Å². The van der Waals surface area contributed by atoms with Gasteiger partial charge in [0.2, 0.25) is 5.75 Å². The van der Waals surface area contributed by atoms with Gasteiger partial charge in [-0.3, -0.25) is 9.79 Å². The Balaban J connectivity index is 0.00000512. The van der Waals surface area contributed by atoms with Gasteiger partial charge in [0, 0.05) is 32.2 Å². The first-order chi connectivity index (χ1) is 15.1. The molecule has 0 heterocycles. The Morgan fingerprint density at radius 3 is 2.09 bits per heavy atom. The zero-order valence-electron chi connectivity index (χ0n) is 19.0. The van der Waals surface area contributed by atoms with Gasteiger partial charge >= 0.3 is 0 Å². The van der Waals surface area contributed by atoms with Gasteiger partial charge in [0.25, 0.3) is 5.91 Å². The number of ether oxygens (including phenoxy) is 4. The normalized spacial score (nSPS) is 10.5. The summed E-state index contributed by atoms with van der Waals surface area (Å²) in [6.07, 6.45) is 0. The molecule has 176 valence electrons. The predicted molar refractivity (Wildman–Crippen MR) is 135 cm³/mol. The molecular weight excluding hydrogens is 527 g/mol. The molecule has 2 aromatic carbocycles. The van der Waals surface area contributed by atoms with E-state index in [1.54, 1.807) is 59.8 Å². The second-order valence-electron chi connectivity index (χ2n) is 6.37. The summed E-state index contributed by atoms with van der Waals surface area (Å²) >= 11 is 0. The number of rotatable bonds is 10. The number of benzene rings is 2. The van der Waals surface area contributed by atoms with E-state index in [2.05, 4.69) is 20.9 Å². The van der Waals surface area contributed by atoms with Crippen molar-refractivity contribution in [3.63, 3.8) is 0 Å². The zero-order chi connectivity index (χ0) is 22.6.